The van der Waals surface area contributed by atoms with Crippen LogP contribution in [-0.2, 0) is 41.0 Å². The highest BCUT2D eigenvalue weighted by atomic mass is 32.2. The van der Waals surface area contributed by atoms with Gasteiger partial charge in [0.1, 0.15) is 40.6 Å². The molecule has 3 fully saturated rings. The fourth-order valence-electron chi connectivity index (χ4n) is 8.93. The molecule has 5 atom stereocenters. The van der Waals surface area contributed by atoms with Gasteiger partial charge in [0.15, 0.2) is 5.82 Å². The highest BCUT2D eigenvalue weighted by Gasteiger charge is 2.62. The van der Waals surface area contributed by atoms with Gasteiger partial charge in [-0.05, 0) is 79.3 Å². The van der Waals surface area contributed by atoms with Crippen LogP contribution in [-0.4, -0.2) is 82.4 Å². The van der Waals surface area contributed by atoms with Crippen LogP contribution >= 0.6 is 0 Å². The number of carbonyl (C=O) groups is 4. The van der Waals surface area contributed by atoms with E-state index in [1.165, 1.54) is 29.2 Å². The Morgan fingerprint density at radius 2 is 1.72 bits per heavy atom. The van der Waals surface area contributed by atoms with Gasteiger partial charge in [-0.25, -0.2) is 17.8 Å². The number of ether oxygens (including phenoxy) is 1. The summed E-state index contributed by atoms with van der Waals surface area (Å²) in [6.07, 6.45) is 6.92. The van der Waals surface area contributed by atoms with E-state index in [-0.39, 0.29) is 49.1 Å². The van der Waals surface area contributed by atoms with E-state index < -0.39 is 74.4 Å². The van der Waals surface area contributed by atoms with Gasteiger partial charge in [0.2, 0.25) is 33.3 Å². The number of allylic oxidation sites excluding steroid dienone is 1. The van der Waals surface area contributed by atoms with Crippen LogP contribution < -0.4 is 20.1 Å². The molecular weight excluding hydrogens is 852 g/mol. The molecule has 4 heterocycles. The number of nitrogens with one attached hydrogen (secondary N) is 3. The summed E-state index contributed by atoms with van der Waals surface area (Å²) < 4.78 is 54.9. The Morgan fingerprint density at radius 3 is 2.46 bits per heavy atom. The number of nitrogens with zero attached hydrogens (tertiary/aromatic N) is 3. The number of hydrogen-bond donors (Lipinski definition) is 3. The summed E-state index contributed by atoms with van der Waals surface area (Å²) in [5, 5.41) is 5.89. The zero-order chi connectivity index (χ0) is 45.7. The number of benzene rings is 3. The van der Waals surface area contributed by atoms with Gasteiger partial charge in [-0.3, -0.25) is 23.9 Å². The second-order valence-corrected chi connectivity index (χ2v) is 20.8. The molecule has 2 aliphatic carbocycles. The third-order valence-corrected chi connectivity index (χ3v) is 14.8. The first-order valence-corrected chi connectivity index (χ1v) is 24.0. The molecule has 4 amide bonds. The lowest BCUT2D eigenvalue weighted by Crippen LogP contribution is -2.58. The third-order valence-electron chi connectivity index (χ3n) is 12.9. The number of fused-ring (bicyclic) bond motifs is 5. The maximum absolute atomic E-state index is 14.9. The molecule has 2 aliphatic heterocycles. The molecule has 2 aromatic heterocycles. The molecule has 14 nitrogen and oxygen atoms in total. The number of sulfonamides is 1. The van der Waals surface area contributed by atoms with Gasteiger partial charge in [-0.1, -0.05) is 94.3 Å². The Hall–Kier alpha value is -6.16. The largest absolute Gasteiger partial charge is 0.470 e. The van der Waals surface area contributed by atoms with Crippen LogP contribution in [0.2, 0.25) is 0 Å². The Kier molecular flexibility index (Phi) is 11.7. The van der Waals surface area contributed by atoms with Gasteiger partial charge in [0.05, 0.1) is 18.2 Å². The monoisotopic (exact) mass is 904 g/mol. The first kappa shape index (κ1) is 44.1. The molecule has 340 valence electrons. The van der Waals surface area contributed by atoms with Crippen molar-refractivity contribution in [2.24, 2.45) is 5.92 Å². The van der Waals surface area contributed by atoms with Crippen molar-refractivity contribution in [3.8, 4) is 17.3 Å². The average molecular weight is 905 g/mol. The molecular formula is C49H53FN6O8S. The smallest absolute Gasteiger partial charge is 0.262 e. The van der Waals surface area contributed by atoms with Crippen LogP contribution in [0.3, 0.4) is 0 Å². The molecule has 0 radical (unpaired) electrons. The number of furan rings is 1. The Morgan fingerprint density at radius 1 is 0.969 bits per heavy atom. The molecule has 5 aromatic rings. The number of rotatable bonds is 9. The van der Waals surface area contributed by atoms with Crippen molar-refractivity contribution in [3.63, 3.8) is 0 Å². The second-order valence-electron chi connectivity index (χ2n) is 18.9. The van der Waals surface area contributed by atoms with Crippen molar-refractivity contribution in [1.29, 1.82) is 0 Å². The number of aromatic nitrogens is 2. The van der Waals surface area contributed by atoms with Crippen LogP contribution in [0.15, 0.2) is 89.4 Å². The van der Waals surface area contributed by atoms with Crippen LogP contribution in [0.4, 0.5) is 4.39 Å². The summed E-state index contributed by atoms with van der Waals surface area (Å²) in [5.74, 6) is -2.87. The van der Waals surface area contributed by atoms with Gasteiger partial charge in [-0.15, -0.1) is 0 Å². The van der Waals surface area contributed by atoms with E-state index in [9.17, 15) is 32.0 Å². The minimum Gasteiger partial charge on any atom is -0.470 e. The minimum atomic E-state index is -3.94. The van der Waals surface area contributed by atoms with Gasteiger partial charge in [-0.2, -0.15) is 4.98 Å². The number of hydrogen-bond acceptors (Lipinski definition) is 10. The van der Waals surface area contributed by atoms with Crippen LogP contribution in [0.1, 0.15) is 89.7 Å². The van der Waals surface area contributed by atoms with E-state index in [4.69, 9.17) is 19.1 Å². The van der Waals surface area contributed by atoms with E-state index in [0.717, 1.165) is 29.4 Å². The fourth-order valence-corrected chi connectivity index (χ4v) is 10.3. The topological polar surface area (TPSA) is 190 Å². The second kappa shape index (κ2) is 17.3. The number of halogens is 1. The summed E-state index contributed by atoms with van der Waals surface area (Å²) in [7, 11) is -3.94. The zero-order valence-corrected chi connectivity index (χ0v) is 37.5. The molecule has 3 N–H and O–H groups in total. The fraction of sp³-hybridized carbons (Fsp3) is 0.429. The summed E-state index contributed by atoms with van der Waals surface area (Å²) >= 11 is 0. The standard InChI is InChI=1S/C49H53FN6O8S/c1-48(2,3)31-19-17-30(18-20-31)43-52-41-36-12-9-10-14-39(36)64-42(41)45(53-43)63-34-26-38-44(58)54-49(47(60)55-65(61,62)35-23-24-35)27-32(49)11-7-5-4-6-8-13-37(46(59)56(38)28-34)51-40(57)25-29-15-21-33(50)22-16-29/h7,9-12,14-22,32,34-35,37-38H,4-6,8,13,23-28H2,1-3H3,(H,51,57)(H,54,58)(H,55,60)/b11-7-/t32-,34+,37-,38-,49+/m0/s1. The lowest BCUT2D eigenvalue weighted by Gasteiger charge is -2.30. The Labute approximate surface area is 376 Å². The summed E-state index contributed by atoms with van der Waals surface area (Å²) in [6, 6.07) is 18.7. The molecule has 4 aliphatic rings. The van der Waals surface area contributed by atoms with Gasteiger partial charge in [0.25, 0.3) is 11.8 Å². The van der Waals surface area contributed by atoms with Crippen molar-refractivity contribution in [3.05, 3.63) is 102 Å². The average Bonchev–Trinajstić information content (AvgIpc) is 4.17. The Balaban J connectivity index is 1.06. The third kappa shape index (κ3) is 9.36. The number of amides is 4. The molecule has 65 heavy (non-hydrogen) atoms. The van der Waals surface area contributed by atoms with Crippen molar-refractivity contribution >= 4 is 55.7 Å². The van der Waals surface area contributed by atoms with Crippen LogP contribution in [0, 0.1) is 11.7 Å². The SMILES string of the molecule is CC(C)(C)c1ccc(-c2nc(O[C@@H]3C[C@H]4C(=O)N[C@]5(C(=O)NS(=O)(=O)C6CC6)C[C@@H]5/C=C\CCCCC[C@H](NC(=O)Cc5ccc(F)cc5)C(=O)N4C3)c3oc4ccccc4c3n2)cc1. The minimum absolute atomic E-state index is 0.0340. The lowest BCUT2D eigenvalue weighted by molar-refractivity contribution is -0.142. The van der Waals surface area contributed by atoms with Crippen molar-refractivity contribution in [2.75, 3.05) is 6.54 Å². The first-order chi connectivity index (χ1) is 31.1. The normalized spacial score (nSPS) is 24.6. The molecule has 3 aromatic carbocycles. The number of carbonyl (C=O) groups excluding carboxylic acids is 4. The first-order valence-electron chi connectivity index (χ1n) is 22.4. The lowest BCUT2D eigenvalue weighted by atomic mass is 9.87. The number of para-hydroxylation sites is 1. The van der Waals surface area contributed by atoms with Crippen molar-refractivity contribution in [1.82, 2.24) is 30.2 Å². The molecule has 2 saturated carbocycles. The van der Waals surface area contributed by atoms with Gasteiger partial charge >= 0.3 is 0 Å². The zero-order valence-electron chi connectivity index (χ0n) is 36.6. The van der Waals surface area contributed by atoms with Crippen molar-refractivity contribution in [2.45, 2.75) is 119 Å². The van der Waals surface area contributed by atoms with E-state index in [1.54, 1.807) is 0 Å². The quantitative estimate of drug-likeness (QED) is 0.137. The summed E-state index contributed by atoms with van der Waals surface area (Å²) in [6.45, 7) is 6.30. The molecule has 1 saturated heterocycles. The summed E-state index contributed by atoms with van der Waals surface area (Å²) in [5.41, 5.74) is 2.16. The van der Waals surface area contributed by atoms with E-state index in [0.29, 0.717) is 48.2 Å². The maximum atomic E-state index is 14.9. The maximum Gasteiger partial charge on any atom is 0.262 e. The van der Waals surface area contributed by atoms with Gasteiger partial charge < -0.3 is 24.7 Å². The van der Waals surface area contributed by atoms with Crippen LogP contribution in [0.25, 0.3) is 33.5 Å². The van der Waals surface area contributed by atoms with Crippen LogP contribution in [0.5, 0.6) is 5.88 Å². The van der Waals surface area contributed by atoms with E-state index in [1.807, 2.05) is 60.7 Å². The Bertz CT molecular complexity index is 2800. The summed E-state index contributed by atoms with van der Waals surface area (Å²) in [4.78, 5) is 68.3. The molecule has 0 spiro atoms. The predicted molar refractivity (Wildman–Crippen MR) is 241 cm³/mol. The molecule has 16 heteroatoms. The predicted octanol–water partition coefficient (Wildman–Crippen LogP) is 6.56. The highest BCUT2D eigenvalue weighted by molar-refractivity contribution is 7.91. The molecule has 0 bridgehead atoms. The van der Waals surface area contributed by atoms with E-state index in [2.05, 4.69) is 36.1 Å². The van der Waals surface area contributed by atoms with Crippen molar-refractivity contribution < 1.29 is 41.1 Å². The highest BCUT2D eigenvalue weighted by Crippen LogP contribution is 2.46. The van der Waals surface area contributed by atoms with Gasteiger partial charge in [0, 0.05) is 23.3 Å². The molecule has 0 unspecified atom stereocenters. The molecule has 9 rings (SSSR count). The van der Waals surface area contributed by atoms with E-state index >= 15 is 0 Å².